The van der Waals surface area contributed by atoms with Crippen molar-refractivity contribution in [3.05, 3.63) is 53.6 Å². The third-order valence-corrected chi connectivity index (χ3v) is 2.43. The number of hydrogen-bond acceptors (Lipinski definition) is 4. The van der Waals surface area contributed by atoms with E-state index in [0.29, 0.717) is 17.9 Å². The molecule has 1 aromatic carbocycles. The minimum atomic E-state index is -0.281. The Kier molecular flexibility index (Phi) is 3.64. The molecule has 0 aliphatic rings. The van der Waals surface area contributed by atoms with Gasteiger partial charge in [0.25, 0.3) is 5.91 Å². The molecule has 0 aliphatic heterocycles. The van der Waals surface area contributed by atoms with E-state index in [1.54, 1.807) is 12.3 Å². The van der Waals surface area contributed by atoms with E-state index in [2.05, 4.69) is 15.3 Å². The molecule has 2 aromatic rings. The summed E-state index contributed by atoms with van der Waals surface area (Å²) in [6, 6.07) is 7.39. The highest BCUT2D eigenvalue weighted by Gasteiger charge is 2.07. The minimum Gasteiger partial charge on any atom is -0.326 e. The highest BCUT2D eigenvalue weighted by atomic mass is 16.1. The predicted molar refractivity (Wildman–Crippen MR) is 69.1 cm³/mol. The molecular formula is C13H14N4O. The standard InChI is InChI=1S/C13H14N4O/c1-9-7-16-12(8-15-9)13(18)17-11-4-2-3-10(5-11)6-14/h2-5,7-8H,6,14H2,1H3,(H,17,18). The molecule has 5 heteroatoms. The lowest BCUT2D eigenvalue weighted by atomic mass is 10.2. The Morgan fingerprint density at radius 3 is 2.83 bits per heavy atom. The van der Waals surface area contributed by atoms with Crippen molar-refractivity contribution in [2.45, 2.75) is 13.5 Å². The molecule has 92 valence electrons. The van der Waals surface area contributed by atoms with Crippen molar-refractivity contribution in [3.63, 3.8) is 0 Å². The van der Waals surface area contributed by atoms with Gasteiger partial charge in [-0.3, -0.25) is 9.78 Å². The van der Waals surface area contributed by atoms with Crippen LogP contribution in [0.5, 0.6) is 0 Å². The van der Waals surface area contributed by atoms with Gasteiger partial charge in [-0.05, 0) is 24.6 Å². The SMILES string of the molecule is Cc1cnc(C(=O)Nc2cccc(CN)c2)cn1. The summed E-state index contributed by atoms with van der Waals surface area (Å²) in [6.07, 6.45) is 3.02. The fourth-order valence-corrected chi connectivity index (χ4v) is 1.48. The zero-order valence-electron chi connectivity index (χ0n) is 10.1. The molecule has 3 N–H and O–H groups in total. The second-order valence-corrected chi connectivity index (χ2v) is 3.90. The maximum atomic E-state index is 11.9. The van der Waals surface area contributed by atoms with E-state index in [-0.39, 0.29) is 5.91 Å². The Morgan fingerprint density at radius 2 is 2.17 bits per heavy atom. The second kappa shape index (κ2) is 5.37. The van der Waals surface area contributed by atoms with Crippen molar-refractivity contribution in [3.8, 4) is 0 Å². The van der Waals surface area contributed by atoms with Gasteiger partial charge in [0.1, 0.15) is 5.69 Å². The van der Waals surface area contributed by atoms with Gasteiger partial charge in [0.15, 0.2) is 0 Å². The topological polar surface area (TPSA) is 80.9 Å². The maximum absolute atomic E-state index is 11.9. The maximum Gasteiger partial charge on any atom is 0.275 e. The molecule has 5 nitrogen and oxygen atoms in total. The first-order chi connectivity index (χ1) is 8.69. The number of aromatic nitrogens is 2. The summed E-state index contributed by atoms with van der Waals surface area (Å²) < 4.78 is 0. The zero-order chi connectivity index (χ0) is 13.0. The zero-order valence-corrected chi connectivity index (χ0v) is 10.1. The van der Waals surface area contributed by atoms with Crippen molar-refractivity contribution in [1.82, 2.24) is 9.97 Å². The summed E-state index contributed by atoms with van der Waals surface area (Å²) >= 11 is 0. The van der Waals surface area contributed by atoms with Crippen LogP contribution in [0.2, 0.25) is 0 Å². The fraction of sp³-hybridized carbons (Fsp3) is 0.154. The molecule has 1 amide bonds. The normalized spacial score (nSPS) is 10.1. The van der Waals surface area contributed by atoms with Crippen LogP contribution < -0.4 is 11.1 Å². The van der Waals surface area contributed by atoms with Crippen LogP contribution in [0.4, 0.5) is 5.69 Å². The Hall–Kier alpha value is -2.27. The molecule has 0 aliphatic carbocycles. The molecule has 0 bridgehead atoms. The van der Waals surface area contributed by atoms with Gasteiger partial charge in [-0.2, -0.15) is 0 Å². The summed E-state index contributed by atoms with van der Waals surface area (Å²) in [4.78, 5) is 19.9. The van der Waals surface area contributed by atoms with Gasteiger partial charge < -0.3 is 11.1 Å². The van der Waals surface area contributed by atoms with E-state index >= 15 is 0 Å². The highest BCUT2D eigenvalue weighted by Crippen LogP contribution is 2.11. The first-order valence-electron chi connectivity index (χ1n) is 5.58. The van der Waals surface area contributed by atoms with E-state index in [1.807, 2.05) is 25.1 Å². The van der Waals surface area contributed by atoms with Crippen LogP contribution in [0.3, 0.4) is 0 Å². The molecular weight excluding hydrogens is 228 g/mol. The van der Waals surface area contributed by atoms with Crippen LogP contribution in [0.25, 0.3) is 0 Å². The number of carbonyl (C=O) groups excluding carboxylic acids is 1. The van der Waals surface area contributed by atoms with Crippen molar-refractivity contribution < 1.29 is 4.79 Å². The number of carbonyl (C=O) groups is 1. The summed E-state index contributed by atoms with van der Waals surface area (Å²) in [6.45, 7) is 2.26. The quantitative estimate of drug-likeness (QED) is 0.854. The van der Waals surface area contributed by atoms with Gasteiger partial charge in [-0.25, -0.2) is 4.98 Å². The van der Waals surface area contributed by atoms with E-state index in [9.17, 15) is 4.79 Å². The molecule has 0 spiro atoms. The molecule has 2 rings (SSSR count). The average Bonchev–Trinajstić information content (AvgIpc) is 2.39. The Labute approximate surface area is 105 Å². The summed E-state index contributed by atoms with van der Waals surface area (Å²) in [5.41, 5.74) is 8.27. The van der Waals surface area contributed by atoms with Crippen molar-refractivity contribution in [2.24, 2.45) is 5.73 Å². The number of nitrogens with two attached hydrogens (primary N) is 1. The lowest BCUT2D eigenvalue weighted by Crippen LogP contribution is -2.14. The highest BCUT2D eigenvalue weighted by molar-refractivity contribution is 6.02. The molecule has 0 unspecified atom stereocenters. The Balaban J connectivity index is 2.13. The van der Waals surface area contributed by atoms with Gasteiger partial charge in [0.05, 0.1) is 11.9 Å². The largest absolute Gasteiger partial charge is 0.326 e. The molecule has 0 atom stereocenters. The van der Waals surface area contributed by atoms with Crippen LogP contribution in [-0.2, 0) is 6.54 Å². The molecule has 0 saturated carbocycles. The summed E-state index contributed by atoms with van der Waals surface area (Å²) in [5, 5.41) is 2.76. The van der Waals surface area contributed by atoms with Crippen molar-refractivity contribution in [1.29, 1.82) is 0 Å². The Bertz CT molecular complexity index is 551. The smallest absolute Gasteiger partial charge is 0.275 e. The fourth-order valence-electron chi connectivity index (χ4n) is 1.48. The first kappa shape index (κ1) is 12.2. The van der Waals surface area contributed by atoms with E-state index < -0.39 is 0 Å². The number of hydrogen-bond donors (Lipinski definition) is 2. The first-order valence-corrected chi connectivity index (χ1v) is 5.58. The molecule has 0 saturated heterocycles. The third-order valence-electron chi connectivity index (χ3n) is 2.43. The van der Waals surface area contributed by atoms with Gasteiger partial charge in [0.2, 0.25) is 0 Å². The lowest BCUT2D eigenvalue weighted by Gasteiger charge is -2.06. The number of nitrogens with one attached hydrogen (secondary N) is 1. The lowest BCUT2D eigenvalue weighted by molar-refractivity contribution is 0.102. The van der Waals surface area contributed by atoms with Crippen molar-refractivity contribution >= 4 is 11.6 Å². The van der Waals surface area contributed by atoms with Gasteiger partial charge >= 0.3 is 0 Å². The molecule has 1 heterocycles. The Morgan fingerprint density at radius 1 is 1.33 bits per heavy atom. The van der Waals surface area contributed by atoms with Crippen LogP contribution in [0.1, 0.15) is 21.7 Å². The summed E-state index contributed by atoms with van der Waals surface area (Å²) in [5.74, 6) is -0.281. The number of nitrogens with zero attached hydrogens (tertiary/aromatic N) is 2. The number of aryl methyl sites for hydroxylation is 1. The number of rotatable bonds is 3. The van der Waals surface area contributed by atoms with Gasteiger partial charge in [0, 0.05) is 18.4 Å². The average molecular weight is 242 g/mol. The molecule has 18 heavy (non-hydrogen) atoms. The van der Waals surface area contributed by atoms with E-state index in [0.717, 1.165) is 11.3 Å². The van der Waals surface area contributed by atoms with Gasteiger partial charge in [-0.1, -0.05) is 12.1 Å². The minimum absolute atomic E-state index is 0.281. The number of benzene rings is 1. The molecule has 0 fully saturated rings. The van der Waals surface area contributed by atoms with Gasteiger partial charge in [-0.15, -0.1) is 0 Å². The number of anilines is 1. The third kappa shape index (κ3) is 2.89. The van der Waals surface area contributed by atoms with E-state index in [1.165, 1.54) is 6.20 Å². The van der Waals surface area contributed by atoms with Crippen LogP contribution in [0.15, 0.2) is 36.7 Å². The predicted octanol–water partition coefficient (Wildman–Crippen LogP) is 1.50. The van der Waals surface area contributed by atoms with E-state index in [4.69, 9.17) is 5.73 Å². The molecule has 1 aromatic heterocycles. The van der Waals surface area contributed by atoms with Crippen LogP contribution in [0, 0.1) is 6.92 Å². The van der Waals surface area contributed by atoms with Crippen LogP contribution in [-0.4, -0.2) is 15.9 Å². The van der Waals surface area contributed by atoms with Crippen molar-refractivity contribution in [2.75, 3.05) is 5.32 Å². The van der Waals surface area contributed by atoms with Crippen LogP contribution >= 0.6 is 0 Å². The number of amides is 1. The monoisotopic (exact) mass is 242 g/mol. The molecule has 0 radical (unpaired) electrons. The second-order valence-electron chi connectivity index (χ2n) is 3.90. The summed E-state index contributed by atoms with van der Waals surface area (Å²) in [7, 11) is 0.